The number of halogens is 2. The third-order valence-electron chi connectivity index (χ3n) is 6.78. The first-order chi connectivity index (χ1) is 18.4. The molecule has 5 rings (SSSR count). The number of hydrogen-bond acceptors (Lipinski definition) is 2. The van der Waals surface area contributed by atoms with Gasteiger partial charge >= 0.3 is 0 Å². The van der Waals surface area contributed by atoms with Gasteiger partial charge in [-0.05, 0) is 60.5 Å². The summed E-state index contributed by atoms with van der Waals surface area (Å²) in [6.07, 6.45) is 3.38. The van der Waals surface area contributed by atoms with Crippen molar-refractivity contribution in [2.24, 2.45) is 0 Å². The van der Waals surface area contributed by atoms with Gasteiger partial charge in [0.2, 0.25) is 5.91 Å². The van der Waals surface area contributed by atoms with Crippen molar-refractivity contribution < 1.29 is 14.0 Å². The van der Waals surface area contributed by atoms with E-state index in [0.29, 0.717) is 42.5 Å². The van der Waals surface area contributed by atoms with E-state index in [0.717, 1.165) is 22.5 Å². The molecule has 2 heterocycles. The van der Waals surface area contributed by atoms with Crippen molar-refractivity contribution >= 4 is 29.5 Å². The monoisotopic (exact) mass is 527 g/mol. The lowest BCUT2D eigenvalue weighted by Gasteiger charge is -2.34. The Morgan fingerprint density at radius 3 is 2.21 bits per heavy atom. The molecule has 1 aliphatic heterocycles. The lowest BCUT2D eigenvalue weighted by atomic mass is 10.1. The molecule has 1 fully saturated rings. The van der Waals surface area contributed by atoms with Gasteiger partial charge in [-0.15, -0.1) is 0 Å². The van der Waals surface area contributed by atoms with Crippen LogP contribution in [0.15, 0.2) is 91.0 Å². The molecule has 0 N–H and O–H groups in total. The highest BCUT2D eigenvalue weighted by atomic mass is 35.5. The van der Waals surface area contributed by atoms with Gasteiger partial charge in [0.25, 0.3) is 5.91 Å². The summed E-state index contributed by atoms with van der Waals surface area (Å²) in [5.74, 6) is -0.535. The van der Waals surface area contributed by atoms with Crippen molar-refractivity contribution in [3.63, 3.8) is 0 Å². The van der Waals surface area contributed by atoms with E-state index < -0.39 is 0 Å². The zero-order valence-corrected chi connectivity index (χ0v) is 21.7. The molecule has 38 heavy (non-hydrogen) atoms. The maximum absolute atomic E-state index is 14.1. The second-order valence-corrected chi connectivity index (χ2v) is 9.65. The Bertz CT molecular complexity index is 1490. The minimum Gasteiger partial charge on any atom is -0.336 e. The van der Waals surface area contributed by atoms with Gasteiger partial charge in [-0.2, -0.15) is 0 Å². The summed E-state index contributed by atoms with van der Waals surface area (Å²) in [6.45, 7) is 3.65. The van der Waals surface area contributed by atoms with Gasteiger partial charge < -0.3 is 14.4 Å². The third kappa shape index (κ3) is 5.41. The lowest BCUT2D eigenvalue weighted by Crippen LogP contribution is -2.50. The van der Waals surface area contributed by atoms with Crippen LogP contribution in [0.5, 0.6) is 0 Å². The second kappa shape index (κ2) is 11.1. The van der Waals surface area contributed by atoms with Gasteiger partial charge in [-0.3, -0.25) is 9.59 Å². The molecule has 4 aromatic rings. The van der Waals surface area contributed by atoms with Crippen LogP contribution in [-0.2, 0) is 4.79 Å². The summed E-state index contributed by atoms with van der Waals surface area (Å²) >= 11 is 6.10. The maximum atomic E-state index is 14.1. The van der Waals surface area contributed by atoms with Crippen LogP contribution in [0.3, 0.4) is 0 Å². The van der Waals surface area contributed by atoms with E-state index in [1.165, 1.54) is 12.1 Å². The zero-order chi connectivity index (χ0) is 26.6. The molecule has 0 bridgehead atoms. The predicted octanol–water partition coefficient (Wildman–Crippen LogP) is 6.24. The Morgan fingerprint density at radius 1 is 0.842 bits per heavy atom. The van der Waals surface area contributed by atoms with Crippen LogP contribution in [0.2, 0.25) is 5.02 Å². The fraction of sp³-hybridized carbons (Fsp3) is 0.161. The Labute approximate surface area is 226 Å². The summed E-state index contributed by atoms with van der Waals surface area (Å²) in [4.78, 5) is 29.9. The molecule has 0 saturated carbocycles. The average molecular weight is 528 g/mol. The van der Waals surface area contributed by atoms with Gasteiger partial charge in [-0.1, -0.05) is 60.1 Å². The fourth-order valence-corrected chi connectivity index (χ4v) is 4.87. The molecule has 5 nitrogen and oxygen atoms in total. The molecule has 3 aromatic carbocycles. The molecule has 1 aliphatic rings. The van der Waals surface area contributed by atoms with Crippen molar-refractivity contribution in [1.82, 2.24) is 14.4 Å². The van der Waals surface area contributed by atoms with Crippen LogP contribution in [-0.4, -0.2) is 52.4 Å². The van der Waals surface area contributed by atoms with Crippen LogP contribution in [0.1, 0.15) is 21.6 Å². The topological polar surface area (TPSA) is 45.6 Å². The van der Waals surface area contributed by atoms with Gasteiger partial charge in [0.1, 0.15) is 5.82 Å². The minimum absolute atomic E-state index is 0.0700. The number of benzene rings is 3. The van der Waals surface area contributed by atoms with Crippen molar-refractivity contribution in [1.29, 1.82) is 0 Å². The lowest BCUT2D eigenvalue weighted by molar-refractivity contribution is -0.127. The van der Waals surface area contributed by atoms with E-state index in [9.17, 15) is 14.0 Å². The fourth-order valence-electron chi connectivity index (χ4n) is 4.74. The Kier molecular flexibility index (Phi) is 7.43. The highest BCUT2D eigenvalue weighted by molar-refractivity contribution is 6.30. The molecular weight excluding hydrogens is 501 g/mol. The van der Waals surface area contributed by atoms with Crippen LogP contribution in [0.25, 0.3) is 23.0 Å². The highest BCUT2D eigenvalue weighted by Gasteiger charge is 2.27. The van der Waals surface area contributed by atoms with Gasteiger partial charge in [0, 0.05) is 48.7 Å². The second-order valence-electron chi connectivity index (χ2n) is 9.21. The van der Waals surface area contributed by atoms with Crippen molar-refractivity contribution in [3.05, 3.63) is 119 Å². The zero-order valence-electron chi connectivity index (χ0n) is 21.0. The van der Waals surface area contributed by atoms with E-state index in [-0.39, 0.29) is 17.6 Å². The molecule has 0 atom stereocenters. The van der Waals surface area contributed by atoms with Crippen molar-refractivity contribution in [2.75, 3.05) is 26.2 Å². The first kappa shape index (κ1) is 25.5. The SMILES string of the molecule is Cc1c(C(=O)N2CCN(C(=O)/C=C/c3ccccc3)CC2)cc(-c2ccc(Cl)cc2)n1-c1cccc(F)c1. The van der Waals surface area contributed by atoms with E-state index in [1.54, 1.807) is 40.2 Å². The Balaban J connectivity index is 1.37. The Morgan fingerprint density at radius 2 is 1.53 bits per heavy atom. The van der Waals surface area contributed by atoms with Crippen LogP contribution in [0, 0.1) is 12.7 Å². The maximum Gasteiger partial charge on any atom is 0.255 e. The standard InChI is InChI=1S/C31H27ClFN3O2/c1-22-28(21-29(24-11-13-25(32)14-12-24)36(22)27-9-5-8-26(33)20-27)31(38)35-18-16-34(17-19-35)30(37)15-10-23-6-3-2-4-7-23/h2-15,20-21H,16-19H2,1H3/b15-10+. The summed E-state index contributed by atoms with van der Waals surface area (Å²) in [5.41, 5.74) is 4.49. The number of rotatable bonds is 5. The molecule has 1 aromatic heterocycles. The smallest absolute Gasteiger partial charge is 0.255 e. The number of aromatic nitrogens is 1. The van der Waals surface area contributed by atoms with Crippen LogP contribution < -0.4 is 0 Å². The molecule has 0 aliphatic carbocycles. The molecule has 7 heteroatoms. The van der Waals surface area contributed by atoms with E-state index in [4.69, 9.17) is 11.6 Å². The summed E-state index contributed by atoms with van der Waals surface area (Å²) in [6, 6.07) is 25.2. The third-order valence-corrected chi connectivity index (χ3v) is 7.03. The van der Waals surface area contributed by atoms with Crippen molar-refractivity contribution in [2.45, 2.75) is 6.92 Å². The van der Waals surface area contributed by atoms with Crippen LogP contribution >= 0.6 is 11.6 Å². The highest BCUT2D eigenvalue weighted by Crippen LogP contribution is 2.31. The molecule has 0 unspecified atom stereocenters. The molecule has 192 valence electrons. The van der Waals surface area contributed by atoms with Crippen molar-refractivity contribution in [3.8, 4) is 16.9 Å². The number of hydrogen-bond donors (Lipinski definition) is 0. The molecule has 2 amide bonds. The molecule has 0 radical (unpaired) electrons. The quantitative estimate of drug-likeness (QED) is 0.288. The van der Waals surface area contributed by atoms with E-state index in [2.05, 4.69) is 0 Å². The summed E-state index contributed by atoms with van der Waals surface area (Å²) in [7, 11) is 0. The van der Waals surface area contributed by atoms with E-state index >= 15 is 0 Å². The number of amides is 2. The normalized spacial score (nSPS) is 13.8. The van der Waals surface area contributed by atoms with Crippen LogP contribution in [0.4, 0.5) is 4.39 Å². The first-order valence-corrected chi connectivity index (χ1v) is 12.8. The van der Waals surface area contributed by atoms with E-state index in [1.807, 2.05) is 66.1 Å². The van der Waals surface area contributed by atoms with Gasteiger partial charge in [0.15, 0.2) is 0 Å². The number of piperazine rings is 1. The van der Waals surface area contributed by atoms with Gasteiger partial charge in [0.05, 0.1) is 11.3 Å². The first-order valence-electron chi connectivity index (χ1n) is 12.5. The average Bonchev–Trinajstić information content (AvgIpc) is 3.29. The largest absolute Gasteiger partial charge is 0.336 e. The number of carbonyl (C=O) groups is 2. The predicted molar refractivity (Wildman–Crippen MR) is 149 cm³/mol. The summed E-state index contributed by atoms with van der Waals surface area (Å²) in [5, 5.41) is 0.608. The summed E-state index contributed by atoms with van der Waals surface area (Å²) < 4.78 is 16.0. The molecule has 1 saturated heterocycles. The number of carbonyl (C=O) groups excluding carboxylic acids is 2. The Hall–Kier alpha value is -4.16. The molecule has 0 spiro atoms. The van der Waals surface area contributed by atoms with Gasteiger partial charge in [-0.25, -0.2) is 4.39 Å². The minimum atomic E-state index is -0.354. The number of nitrogens with zero attached hydrogens (tertiary/aromatic N) is 3. The molecular formula is C31H27ClFN3O2.